The minimum absolute atomic E-state index is 0.00356. The van der Waals surface area contributed by atoms with E-state index in [0.717, 1.165) is 37.9 Å². The van der Waals surface area contributed by atoms with Gasteiger partial charge in [-0.15, -0.1) is 22.9 Å². The number of anilines is 3. The fourth-order valence-corrected chi connectivity index (χ4v) is 15.4. The van der Waals surface area contributed by atoms with Gasteiger partial charge in [0.05, 0.1) is 90.5 Å². The maximum atomic E-state index is 14.3. The summed E-state index contributed by atoms with van der Waals surface area (Å²) in [5, 5.41) is 16.1. The topological polar surface area (TPSA) is 414 Å². The number of primary amides is 1. The number of thiophene rings is 2. The Kier molecular flexibility index (Phi) is 34.1. The van der Waals surface area contributed by atoms with Crippen molar-refractivity contribution < 1.29 is 100 Å². The Bertz CT molecular complexity index is 4080. The summed E-state index contributed by atoms with van der Waals surface area (Å²) < 4.78 is 51.2. The molecule has 0 aliphatic carbocycles. The molecule has 0 saturated heterocycles. The monoisotopic (exact) mass is 1630 g/mol. The van der Waals surface area contributed by atoms with Crippen LogP contribution in [0.3, 0.4) is 0 Å². The summed E-state index contributed by atoms with van der Waals surface area (Å²) in [4.78, 5) is 171. The van der Waals surface area contributed by atoms with E-state index in [1.54, 1.807) is 54.0 Å². The molecule has 33 nitrogen and oxygen atoms in total. The van der Waals surface area contributed by atoms with Crippen molar-refractivity contribution in [2.75, 3.05) is 160 Å². The number of imide groups is 1. The number of nitroso groups, excluding NO2 is 1. The fourth-order valence-electron chi connectivity index (χ4n) is 12.3. The molecule has 4 atom stereocenters. The Morgan fingerprint density at radius 3 is 1.65 bits per heavy atom. The number of carbonyl (C=O) groups excluding carboxylic acids is 10. The third kappa shape index (κ3) is 24.6. The van der Waals surface area contributed by atoms with E-state index in [9.17, 15) is 62.6 Å². The van der Waals surface area contributed by atoms with Crippen LogP contribution >= 0.6 is 54.0 Å². The number of rotatable bonds is 46. The van der Waals surface area contributed by atoms with Crippen molar-refractivity contribution in [2.24, 2.45) is 16.6 Å². The van der Waals surface area contributed by atoms with E-state index in [1.165, 1.54) is 64.8 Å². The Balaban J connectivity index is 0.732. The average Bonchev–Trinajstić information content (AvgIpc) is 1.59. The van der Waals surface area contributed by atoms with Gasteiger partial charge < -0.3 is 74.7 Å². The summed E-state index contributed by atoms with van der Waals surface area (Å²) in [5.74, 6) is -3.26. The van der Waals surface area contributed by atoms with E-state index < -0.39 is 56.1 Å². The van der Waals surface area contributed by atoms with Gasteiger partial charge in [0.2, 0.25) is 17.7 Å². The first-order valence-corrected chi connectivity index (χ1v) is 40.5. The summed E-state index contributed by atoms with van der Waals surface area (Å²) in [6.45, 7) is 11.4. The Hall–Kier alpha value is -8.29. The molecule has 3 aliphatic rings. The molecule has 5 aromatic rings. The SMILES string of the molecule is Cc1csc2c(OC(=O)N(C)CCN(C)C(=O)OCc3ccc(NC(=O)[C@H](CCCNC(N)=O)NC(=O)[C@@H](NC(=O)CCOCCOCCOCCOCCOCCOCCN4C(=O)C=CC4=O)C(C)C)cc3)cc3c(c12)[C@H](CCl)CN3C(=O)CCCC(=O)N1C[C@@H](CCl)c2c1cc(O[PH](O)(O)N=O)c1scc(C)c21. The molecule has 0 fully saturated rings. The van der Waals surface area contributed by atoms with E-state index in [4.69, 9.17) is 71.4 Å². The molecule has 0 spiro atoms. The fraction of sp³-hybridized carbons (Fsp3) is 0.528. The molecule has 0 radical (unpaired) electrons. The second-order valence-corrected chi connectivity index (χ2v) is 30.4. The number of nitrogens with zero attached hydrogens (tertiary/aromatic N) is 6. The van der Waals surface area contributed by atoms with Crippen LogP contribution in [0, 0.1) is 24.7 Å². The predicted molar refractivity (Wildman–Crippen MR) is 415 cm³/mol. The molecule has 38 heteroatoms. The van der Waals surface area contributed by atoms with Gasteiger partial charge in [0.1, 0.15) is 18.7 Å². The molecule has 110 heavy (non-hydrogen) atoms. The summed E-state index contributed by atoms with van der Waals surface area (Å²) in [5.41, 5.74) is 10.5. The molecular formula is C72H96Cl2N11O22PS2. The number of ether oxygens (including phenoxy) is 8. The number of likely N-dealkylation sites (N-methyl/N-ethyl adjacent to an activating group) is 2. The number of hydrogen-bond acceptors (Lipinski definition) is 25. The Morgan fingerprint density at radius 1 is 0.664 bits per heavy atom. The molecule has 8 N–H and O–H groups in total. The zero-order chi connectivity index (χ0) is 79.6. The second kappa shape index (κ2) is 42.9. The van der Waals surface area contributed by atoms with Gasteiger partial charge in [-0.1, -0.05) is 26.0 Å². The van der Waals surface area contributed by atoms with Crippen molar-refractivity contribution in [2.45, 2.75) is 96.7 Å². The number of urea groups is 1. The van der Waals surface area contributed by atoms with Crippen molar-refractivity contribution in [1.29, 1.82) is 0 Å². The van der Waals surface area contributed by atoms with Crippen molar-refractivity contribution in [3.63, 3.8) is 0 Å². The Labute approximate surface area is 654 Å². The van der Waals surface area contributed by atoms with E-state index in [0.29, 0.717) is 84.9 Å². The summed E-state index contributed by atoms with van der Waals surface area (Å²) >= 11 is 15.7. The van der Waals surface area contributed by atoms with Crippen LogP contribution in [-0.4, -0.2) is 241 Å². The van der Waals surface area contributed by atoms with Crippen LogP contribution < -0.4 is 46.1 Å². The third-order valence-electron chi connectivity index (χ3n) is 18.1. The van der Waals surface area contributed by atoms with E-state index >= 15 is 0 Å². The molecule has 0 saturated carbocycles. The van der Waals surface area contributed by atoms with Crippen LogP contribution in [0.1, 0.15) is 92.0 Å². The number of carbonyl (C=O) groups is 10. The number of amides is 11. The Morgan fingerprint density at radius 2 is 1.15 bits per heavy atom. The van der Waals surface area contributed by atoms with Gasteiger partial charge in [-0.05, 0) is 59.9 Å². The van der Waals surface area contributed by atoms with Crippen molar-refractivity contribution in [3.8, 4) is 11.5 Å². The van der Waals surface area contributed by atoms with Crippen LogP contribution in [0.15, 0.2) is 64.3 Å². The molecule has 602 valence electrons. The second-order valence-electron chi connectivity index (χ2n) is 26.5. The maximum absolute atomic E-state index is 14.3. The van der Waals surface area contributed by atoms with Crippen molar-refractivity contribution >= 4 is 151 Å². The van der Waals surface area contributed by atoms with Gasteiger partial charge in [-0.25, -0.2) is 14.4 Å². The van der Waals surface area contributed by atoms with Crippen LogP contribution in [0.25, 0.3) is 20.2 Å². The van der Waals surface area contributed by atoms with E-state index in [-0.39, 0.29) is 175 Å². The van der Waals surface area contributed by atoms with Gasteiger partial charge >= 0.3 is 205 Å². The third-order valence-corrected chi connectivity index (χ3v) is 21.8. The van der Waals surface area contributed by atoms with Gasteiger partial charge in [0, 0.05) is 81.2 Å². The van der Waals surface area contributed by atoms with Crippen LogP contribution in [-0.2, 0) is 73.3 Å². The zero-order valence-electron chi connectivity index (χ0n) is 62.1. The summed E-state index contributed by atoms with van der Waals surface area (Å²) in [6, 6.07) is 6.70. The molecule has 5 heterocycles. The first kappa shape index (κ1) is 87.3. The van der Waals surface area contributed by atoms with Crippen molar-refractivity contribution in [3.05, 3.63) is 92.0 Å². The van der Waals surface area contributed by atoms with Gasteiger partial charge in [0.25, 0.3) is 11.8 Å². The molecule has 0 unspecified atom stereocenters. The van der Waals surface area contributed by atoms with E-state index in [1.807, 2.05) is 24.6 Å². The van der Waals surface area contributed by atoms with Gasteiger partial charge in [-0.3, -0.25) is 28.9 Å². The first-order chi connectivity index (χ1) is 52.7. The number of halogens is 2. The van der Waals surface area contributed by atoms with Gasteiger partial charge in [-0.2, -0.15) is 0 Å². The van der Waals surface area contributed by atoms with Gasteiger partial charge in [0.15, 0.2) is 5.75 Å². The van der Waals surface area contributed by atoms with Crippen LogP contribution in [0.4, 0.5) is 31.4 Å². The number of aryl methyl sites for hydroxylation is 2. The number of nitrogens with two attached hydrogens (primary N) is 1. The molecule has 3 aliphatic heterocycles. The number of fused-ring (bicyclic) bond motifs is 6. The van der Waals surface area contributed by atoms with Crippen LogP contribution in [0.5, 0.6) is 11.5 Å². The molecule has 2 aromatic heterocycles. The molecule has 0 bridgehead atoms. The standard InChI is InChI=1S/C72H96Cl2N11O22PS2/c1-44(2)65(79-56(86)18-23-99-25-27-101-29-31-103-33-34-104-32-30-102-28-26-100-24-22-83-59(89)16-17-60(83)90)69(92)78-51(9-8-19-76-70(75)93)68(91)77-50-14-12-47(13-15-50)41-105-71(94)81(5)20-21-82(6)72(95)106-54-35-52-63(61-45(3)42-109-66(54)61)48(37-73)39-84(52)57(87)10-7-11-58(88)85-40-49(38-74)64-53(85)36-55(107-108(97,98)80-96)67-62(64)46(4)43-110-67/h12-17,35-36,42-44,48-49,51,65,97-98,108H,7-11,18-34,37-41H2,1-6H3,(H,77,91)(H,78,92)(H,79,86)(H3,75,76,93)/t48-,49-,51+,65+/m1/s1. The number of benzene rings is 3. The number of nitrogens with one attached hydrogen (secondary N) is 4. The summed E-state index contributed by atoms with van der Waals surface area (Å²) in [6.07, 6.45) is 1.39. The van der Waals surface area contributed by atoms with E-state index in [2.05, 4.69) is 26.2 Å². The molecule has 3 aromatic carbocycles. The average molecular weight is 1630 g/mol. The predicted octanol–water partition coefficient (Wildman–Crippen LogP) is 7.61. The normalized spacial score (nSPS) is 15.2. The molecule has 8 rings (SSSR count). The number of hydrogen-bond donors (Lipinski definition) is 7. The first-order valence-electron chi connectivity index (χ1n) is 35.9. The zero-order valence-corrected chi connectivity index (χ0v) is 66.3. The molecule has 11 amide bonds. The molecular weight excluding hydrogens is 1540 g/mol. The van der Waals surface area contributed by atoms with Crippen molar-refractivity contribution in [1.82, 2.24) is 30.7 Å². The van der Waals surface area contributed by atoms with Crippen LogP contribution in [0.2, 0.25) is 0 Å². The number of alkyl halides is 2. The quantitative estimate of drug-likeness (QED) is 0.00647. The minimum atomic E-state index is -4.97. The summed E-state index contributed by atoms with van der Waals surface area (Å²) in [7, 11) is -1.95.